The lowest BCUT2D eigenvalue weighted by molar-refractivity contribution is 0.617. The molecule has 0 unspecified atom stereocenters. The topological polar surface area (TPSA) is 13.1 Å². The van der Waals surface area contributed by atoms with E-state index in [0.29, 0.717) is 5.02 Å². The van der Waals surface area contributed by atoms with Gasteiger partial charge in [0.05, 0.1) is 6.26 Å². The van der Waals surface area contributed by atoms with Gasteiger partial charge in [-0.05, 0) is 65.6 Å². The van der Waals surface area contributed by atoms with Gasteiger partial charge in [0, 0.05) is 16.0 Å². The highest BCUT2D eigenvalue weighted by Crippen LogP contribution is 2.33. The second kappa shape index (κ2) is 6.14. The number of hydrogen-bond acceptors (Lipinski definition) is 1. The summed E-state index contributed by atoms with van der Waals surface area (Å²) in [4.78, 5) is 0. The van der Waals surface area contributed by atoms with Crippen LogP contribution in [0.1, 0.15) is 11.1 Å². The molecular weight excluding hydrogens is 323 g/mol. The Bertz CT molecular complexity index is 1000. The van der Waals surface area contributed by atoms with Crippen LogP contribution in [-0.4, -0.2) is 0 Å². The minimum Gasteiger partial charge on any atom is -0.464 e. The highest BCUT2D eigenvalue weighted by Gasteiger charge is 2.10. The monoisotopic (exact) mass is 336 g/mol. The quantitative estimate of drug-likeness (QED) is 0.417. The summed E-state index contributed by atoms with van der Waals surface area (Å²) in [6.07, 6.45) is 2.43. The summed E-state index contributed by atoms with van der Waals surface area (Å²) < 4.78 is 18.8. The maximum Gasteiger partial charge on any atom is 0.141 e. The fraction of sp³-hybridized carbons (Fsp3) is 0.0476. The third kappa shape index (κ3) is 2.93. The second-order valence-corrected chi connectivity index (χ2v) is 6.23. The summed E-state index contributed by atoms with van der Waals surface area (Å²) in [5.74, 6) is -0.219. The molecule has 118 valence electrons. The summed E-state index contributed by atoms with van der Waals surface area (Å²) in [7, 11) is 0. The molecule has 0 N–H and O–H groups in total. The lowest BCUT2D eigenvalue weighted by Crippen LogP contribution is -1.90. The van der Waals surface area contributed by atoms with E-state index in [1.165, 1.54) is 12.1 Å². The normalized spacial score (nSPS) is 11.1. The number of hydrogen-bond donors (Lipinski definition) is 0. The Morgan fingerprint density at radius 3 is 2.50 bits per heavy atom. The molecule has 0 atom stereocenters. The maximum atomic E-state index is 13.1. The molecular formula is C21H14ClFO. The van der Waals surface area contributed by atoms with E-state index in [-0.39, 0.29) is 5.82 Å². The van der Waals surface area contributed by atoms with Gasteiger partial charge in [-0.1, -0.05) is 35.9 Å². The second-order valence-electron chi connectivity index (χ2n) is 5.80. The van der Waals surface area contributed by atoms with Gasteiger partial charge < -0.3 is 4.42 Å². The average Bonchev–Trinajstić information content (AvgIpc) is 3.05. The molecule has 3 heteroatoms. The number of furan rings is 1. The predicted octanol–water partition coefficient (Wildman–Crippen LogP) is 6.48. The van der Waals surface area contributed by atoms with Crippen LogP contribution >= 0.6 is 11.6 Å². The standard InChI is InChI=1S/C21H14ClFO/c22-18-3-1-2-16(13-18)20-12-15(11-17-8-9-24-21(17)20)10-14-4-6-19(23)7-5-14/h1-9,11-13H,10H2. The van der Waals surface area contributed by atoms with Gasteiger partial charge in [0.25, 0.3) is 0 Å². The molecule has 1 heterocycles. The van der Waals surface area contributed by atoms with E-state index < -0.39 is 0 Å². The van der Waals surface area contributed by atoms with E-state index in [9.17, 15) is 4.39 Å². The van der Waals surface area contributed by atoms with Crippen molar-refractivity contribution < 1.29 is 8.81 Å². The number of rotatable bonds is 3. The van der Waals surface area contributed by atoms with Crippen LogP contribution in [0.4, 0.5) is 4.39 Å². The Morgan fingerprint density at radius 2 is 1.71 bits per heavy atom. The van der Waals surface area contributed by atoms with Crippen LogP contribution in [0.5, 0.6) is 0 Å². The van der Waals surface area contributed by atoms with Gasteiger partial charge in [-0.25, -0.2) is 4.39 Å². The van der Waals surface area contributed by atoms with Crippen LogP contribution in [0.15, 0.2) is 77.4 Å². The molecule has 0 radical (unpaired) electrons. The van der Waals surface area contributed by atoms with Crippen LogP contribution in [-0.2, 0) is 6.42 Å². The van der Waals surface area contributed by atoms with Crippen molar-refractivity contribution in [3.05, 3.63) is 95.0 Å². The Hall–Kier alpha value is -2.58. The average molecular weight is 337 g/mol. The largest absolute Gasteiger partial charge is 0.464 e. The van der Waals surface area contributed by atoms with Gasteiger partial charge in [0.1, 0.15) is 11.4 Å². The minimum atomic E-state index is -0.219. The third-order valence-electron chi connectivity index (χ3n) is 4.07. The van der Waals surface area contributed by atoms with Gasteiger partial charge in [0.2, 0.25) is 0 Å². The fourth-order valence-electron chi connectivity index (χ4n) is 2.95. The molecule has 4 rings (SSSR count). The van der Waals surface area contributed by atoms with Crippen molar-refractivity contribution in [1.82, 2.24) is 0 Å². The molecule has 0 saturated carbocycles. The Balaban J connectivity index is 1.81. The van der Waals surface area contributed by atoms with E-state index in [1.807, 2.05) is 42.5 Å². The predicted molar refractivity (Wildman–Crippen MR) is 95.9 cm³/mol. The SMILES string of the molecule is Fc1ccc(Cc2cc(-c3cccc(Cl)c3)c3occc3c2)cc1. The Labute approximate surface area is 144 Å². The van der Waals surface area contributed by atoms with Gasteiger partial charge in [-0.15, -0.1) is 0 Å². The molecule has 24 heavy (non-hydrogen) atoms. The molecule has 0 aliphatic rings. The van der Waals surface area contributed by atoms with Crippen molar-refractivity contribution in [3.8, 4) is 11.1 Å². The minimum absolute atomic E-state index is 0.219. The first kappa shape index (κ1) is 15.0. The van der Waals surface area contributed by atoms with Crippen LogP contribution in [0.3, 0.4) is 0 Å². The summed E-state index contributed by atoms with van der Waals surface area (Å²) in [5.41, 5.74) is 5.09. The number of fused-ring (bicyclic) bond motifs is 1. The van der Waals surface area contributed by atoms with Crippen molar-refractivity contribution in [2.24, 2.45) is 0 Å². The van der Waals surface area contributed by atoms with E-state index in [0.717, 1.165) is 39.6 Å². The molecule has 0 amide bonds. The summed E-state index contributed by atoms with van der Waals surface area (Å²) in [5, 5.41) is 1.74. The molecule has 0 bridgehead atoms. The first-order valence-corrected chi connectivity index (χ1v) is 8.07. The lowest BCUT2D eigenvalue weighted by atomic mass is 9.97. The summed E-state index contributed by atoms with van der Waals surface area (Å²) in [6.45, 7) is 0. The zero-order chi connectivity index (χ0) is 16.5. The highest BCUT2D eigenvalue weighted by atomic mass is 35.5. The molecule has 1 aromatic heterocycles. The molecule has 0 aliphatic carbocycles. The van der Waals surface area contributed by atoms with E-state index in [4.69, 9.17) is 16.0 Å². The molecule has 0 saturated heterocycles. The van der Waals surface area contributed by atoms with Crippen molar-refractivity contribution in [1.29, 1.82) is 0 Å². The van der Waals surface area contributed by atoms with Gasteiger partial charge in [-0.2, -0.15) is 0 Å². The van der Waals surface area contributed by atoms with E-state index in [2.05, 4.69) is 12.1 Å². The first-order chi connectivity index (χ1) is 11.7. The lowest BCUT2D eigenvalue weighted by Gasteiger charge is -2.08. The molecule has 0 spiro atoms. The highest BCUT2D eigenvalue weighted by molar-refractivity contribution is 6.30. The molecule has 0 aliphatic heterocycles. The van der Waals surface area contributed by atoms with Crippen molar-refractivity contribution in [3.63, 3.8) is 0 Å². The fourth-order valence-corrected chi connectivity index (χ4v) is 3.14. The van der Waals surface area contributed by atoms with Crippen LogP contribution < -0.4 is 0 Å². The molecule has 1 nitrogen and oxygen atoms in total. The first-order valence-electron chi connectivity index (χ1n) is 7.69. The van der Waals surface area contributed by atoms with Gasteiger partial charge in [0.15, 0.2) is 0 Å². The molecule has 0 fully saturated rings. The van der Waals surface area contributed by atoms with Crippen LogP contribution in [0.25, 0.3) is 22.1 Å². The number of benzene rings is 3. The summed E-state index contributed by atoms with van der Waals surface area (Å²) in [6, 6.07) is 20.5. The molecule has 3 aromatic carbocycles. The van der Waals surface area contributed by atoms with Crippen LogP contribution in [0, 0.1) is 5.82 Å². The zero-order valence-corrected chi connectivity index (χ0v) is 13.6. The smallest absolute Gasteiger partial charge is 0.141 e. The Morgan fingerprint density at radius 1 is 0.875 bits per heavy atom. The van der Waals surface area contributed by atoms with Crippen LogP contribution in [0.2, 0.25) is 5.02 Å². The summed E-state index contributed by atoms with van der Waals surface area (Å²) >= 11 is 6.14. The van der Waals surface area contributed by atoms with E-state index in [1.54, 1.807) is 6.26 Å². The van der Waals surface area contributed by atoms with Gasteiger partial charge in [-0.3, -0.25) is 0 Å². The number of halogens is 2. The van der Waals surface area contributed by atoms with Gasteiger partial charge >= 0.3 is 0 Å². The zero-order valence-electron chi connectivity index (χ0n) is 12.8. The molecule has 4 aromatic rings. The Kier molecular flexibility index (Phi) is 3.83. The van der Waals surface area contributed by atoms with Crippen molar-refractivity contribution >= 4 is 22.6 Å². The third-order valence-corrected chi connectivity index (χ3v) is 4.30. The van der Waals surface area contributed by atoms with Crippen molar-refractivity contribution in [2.45, 2.75) is 6.42 Å². The van der Waals surface area contributed by atoms with E-state index >= 15 is 0 Å². The van der Waals surface area contributed by atoms with Crippen molar-refractivity contribution in [2.75, 3.05) is 0 Å². The maximum absolute atomic E-state index is 13.1.